The van der Waals surface area contributed by atoms with Crippen molar-refractivity contribution in [3.63, 3.8) is 0 Å². The SMILES string of the molecule is CCOC(=O)C1=C(C(=O)OCC)C(c2ccc(Cl)cc2)NS1. The highest BCUT2D eigenvalue weighted by atomic mass is 35.5. The summed E-state index contributed by atoms with van der Waals surface area (Å²) in [7, 11) is 0. The van der Waals surface area contributed by atoms with Gasteiger partial charge in [0.2, 0.25) is 0 Å². The van der Waals surface area contributed by atoms with Gasteiger partial charge in [0.15, 0.2) is 0 Å². The Bertz CT molecular complexity index is 600. The fourth-order valence-electron chi connectivity index (χ4n) is 2.02. The number of nitrogens with one attached hydrogen (secondary N) is 1. The van der Waals surface area contributed by atoms with E-state index in [1.165, 1.54) is 0 Å². The molecule has 1 unspecified atom stereocenters. The maximum Gasteiger partial charge on any atom is 0.346 e. The largest absolute Gasteiger partial charge is 0.463 e. The lowest BCUT2D eigenvalue weighted by atomic mass is 9.99. The lowest BCUT2D eigenvalue weighted by Crippen LogP contribution is -2.19. The number of rotatable bonds is 5. The van der Waals surface area contributed by atoms with E-state index < -0.39 is 18.0 Å². The van der Waals surface area contributed by atoms with E-state index in [1.807, 2.05) is 0 Å². The molecule has 0 saturated carbocycles. The maximum absolute atomic E-state index is 12.2. The minimum absolute atomic E-state index is 0.233. The van der Waals surface area contributed by atoms with Crippen LogP contribution in [-0.4, -0.2) is 25.2 Å². The summed E-state index contributed by atoms with van der Waals surface area (Å²) in [5.41, 5.74) is 1.09. The average molecular weight is 342 g/mol. The number of hydrogen-bond donors (Lipinski definition) is 1. The Morgan fingerprint density at radius 1 is 1.14 bits per heavy atom. The Morgan fingerprint density at radius 3 is 2.32 bits per heavy atom. The molecule has 0 aromatic heterocycles. The normalized spacial score (nSPS) is 17.5. The van der Waals surface area contributed by atoms with Crippen molar-refractivity contribution in [2.24, 2.45) is 0 Å². The summed E-state index contributed by atoms with van der Waals surface area (Å²) in [6.45, 7) is 3.91. The van der Waals surface area contributed by atoms with E-state index >= 15 is 0 Å². The van der Waals surface area contributed by atoms with E-state index in [0.29, 0.717) is 5.02 Å². The van der Waals surface area contributed by atoms with Crippen LogP contribution in [0.4, 0.5) is 0 Å². The Labute approximate surface area is 138 Å². The third-order valence-electron chi connectivity index (χ3n) is 2.97. The first-order chi connectivity index (χ1) is 10.6. The lowest BCUT2D eigenvalue weighted by Gasteiger charge is -2.14. The molecule has 1 aliphatic rings. The topological polar surface area (TPSA) is 64.6 Å². The Balaban J connectivity index is 2.39. The summed E-state index contributed by atoms with van der Waals surface area (Å²) < 4.78 is 13.1. The molecule has 0 amide bonds. The molecule has 1 heterocycles. The number of benzene rings is 1. The molecule has 7 heteroatoms. The van der Waals surface area contributed by atoms with E-state index in [4.69, 9.17) is 21.1 Å². The van der Waals surface area contributed by atoms with E-state index in [0.717, 1.165) is 17.5 Å². The molecule has 22 heavy (non-hydrogen) atoms. The Kier molecular flexibility index (Phi) is 5.88. The predicted octanol–water partition coefficient (Wildman–Crippen LogP) is 3.01. The van der Waals surface area contributed by atoms with Gasteiger partial charge in [-0.05, 0) is 43.5 Å². The van der Waals surface area contributed by atoms with Gasteiger partial charge in [0.25, 0.3) is 0 Å². The van der Waals surface area contributed by atoms with Crippen LogP contribution < -0.4 is 4.72 Å². The summed E-state index contributed by atoms with van der Waals surface area (Å²) >= 11 is 6.97. The van der Waals surface area contributed by atoms with Gasteiger partial charge >= 0.3 is 11.9 Å². The highest BCUT2D eigenvalue weighted by molar-refractivity contribution is 8.02. The average Bonchev–Trinajstić information content (AvgIpc) is 2.93. The lowest BCUT2D eigenvalue weighted by molar-refractivity contribution is -0.141. The van der Waals surface area contributed by atoms with Crippen LogP contribution in [0.3, 0.4) is 0 Å². The molecular weight excluding hydrogens is 326 g/mol. The zero-order valence-electron chi connectivity index (χ0n) is 12.2. The van der Waals surface area contributed by atoms with E-state index in [9.17, 15) is 9.59 Å². The second-order valence-electron chi connectivity index (χ2n) is 4.39. The van der Waals surface area contributed by atoms with Crippen LogP contribution in [0.15, 0.2) is 34.7 Å². The molecule has 1 aromatic carbocycles. The highest BCUT2D eigenvalue weighted by Gasteiger charge is 2.37. The molecule has 1 aromatic rings. The minimum atomic E-state index is -0.528. The van der Waals surface area contributed by atoms with Crippen molar-refractivity contribution in [3.8, 4) is 0 Å². The molecule has 0 aliphatic carbocycles. The van der Waals surface area contributed by atoms with Crippen molar-refractivity contribution < 1.29 is 19.1 Å². The van der Waals surface area contributed by atoms with Crippen LogP contribution in [0.5, 0.6) is 0 Å². The van der Waals surface area contributed by atoms with Crippen molar-refractivity contribution in [2.45, 2.75) is 19.9 Å². The maximum atomic E-state index is 12.2. The zero-order valence-corrected chi connectivity index (χ0v) is 13.8. The van der Waals surface area contributed by atoms with Gasteiger partial charge in [-0.3, -0.25) is 0 Å². The fourth-order valence-corrected chi connectivity index (χ4v) is 3.09. The van der Waals surface area contributed by atoms with Crippen molar-refractivity contribution >= 4 is 35.5 Å². The number of ether oxygens (including phenoxy) is 2. The molecule has 0 radical (unpaired) electrons. The second-order valence-corrected chi connectivity index (χ2v) is 5.67. The summed E-state index contributed by atoms with van der Waals surface area (Å²) in [6.07, 6.45) is 0. The van der Waals surface area contributed by atoms with Crippen molar-refractivity contribution in [2.75, 3.05) is 13.2 Å². The summed E-state index contributed by atoms with van der Waals surface area (Å²) in [4.78, 5) is 24.5. The first-order valence-corrected chi connectivity index (χ1v) is 8.04. The van der Waals surface area contributed by atoms with E-state index in [2.05, 4.69) is 4.72 Å². The van der Waals surface area contributed by atoms with Gasteiger partial charge in [-0.1, -0.05) is 23.7 Å². The predicted molar refractivity (Wildman–Crippen MR) is 85.2 cm³/mol. The molecule has 0 saturated heterocycles. The number of esters is 2. The molecule has 0 fully saturated rings. The van der Waals surface area contributed by atoms with Crippen molar-refractivity contribution in [3.05, 3.63) is 45.3 Å². The van der Waals surface area contributed by atoms with Crippen molar-refractivity contribution in [1.82, 2.24) is 4.72 Å². The molecule has 5 nitrogen and oxygen atoms in total. The number of halogens is 1. The van der Waals surface area contributed by atoms with Crippen LogP contribution >= 0.6 is 23.5 Å². The van der Waals surface area contributed by atoms with Gasteiger partial charge in [-0.25, -0.2) is 14.3 Å². The van der Waals surface area contributed by atoms with Crippen molar-refractivity contribution in [1.29, 1.82) is 0 Å². The third-order valence-corrected chi connectivity index (χ3v) is 4.17. The van der Waals surface area contributed by atoms with Crippen LogP contribution in [0, 0.1) is 0 Å². The quantitative estimate of drug-likeness (QED) is 0.656. The van der Waals surface area contributed by atoms with Crippen LogP contribution in [0.1, 0.15) is 25.5 Å². The molecule has 0 spiro atoms. The number of carbonyl (C=O) groups is 2. The van der Waals surface area contributed by atoms with Gasteiger partial charge in [-0.15, -0.1) is 0 Å². The molecule has 2 rings (SSSR count). The minimum Gasteiger partial charge on any atom is -0.463 e. The molecule has 1 N–H and O–H groups in total. The number of hydrogen-bond acceptors (Lipinski definition) is 6. The van der Waals surface area contributed by atoms with Crippen LogP contribution in [-0.2, 0) is 19.1 Å². The summed E-state index contributed by atoms with van der Waals surface area (Å²) in [5.74, 6) is -1.05. The fraction of sp³-hybridized carbons (Fsp3) is 0.333. The summed E-state index contributed by atoms with van der Waals surface area (Å²) in [6, 6.07) is 6.62. The Hall–Kier alpha value is -1.50. The van der Waals surface area contributed by atoms with Gasteiger partial charge in [-0.2, -0.15) is 0 Å². The molecule has 1 atom stereocenters. The zero-order chi connectivity index (χ0) is 16.1. The third kappa shape index (κ3) is 3.63. The van der Waals surface area contributed by atoms with Gasteiger partial charge < -0.3 is 9.47 Å². The standard InChI is InChI=1S/C15H16ClNO4S/c1-3-20-14(18)11-12(9-5-7-10(16)8-6-9)17-22-13(11)15(19)21-4-2/h5-8,12,17H,3-4H2,1-2H3. The first kappa shape index (κ1) is 16.9. The second kappa shape index (κ2) is 7.67. The van der Waals surface area contributed by atoms with Gasteiger partial charge in [0.1, 0.15) is 4.91 Å². The van der Waals surface area contributed by atoms with E-state index in [-0.39, 0.29) is 23.7 Å². The van der Waals surface area contributed by atoms with Crippen LogP contribution in [0.2, 0.25) is 5.02 Å². The number of carbonyl (C=O) groups excluding carboxylic acids is 2. The first-order valence-electron chi connectivity index (χ1n) is 6.84. The molecular formula is C15H16ClNO4S. The monoisotopic (exact) mass is 341 g/mol. The van der Waals surface area contributed by atoms with E-state index in [1.54, 1.807) is 38.1 Å². The van der Waals surface area contributed by atoms with Gasteiger partial charge in [0, 0.05) is 5.02 Å². The molecule has 0 bridgehead atoms. The highest BCUT2D eigenvalue weighted by Crippen LogP contribution is 2.39. The molecule has 118 valence electrons. The van der Waals surface area contributed by atoms with Crippen LogP contribution in [0.25, 0.3) is 0 Å². The smallest absolute Gasteiger partial charge is 0.346 e. The van der Waals surface area contributed by atoms with Gasteiger partial charge in [0.05, 0.1) is 24.8 Å². The molecule has 1 aliphatic heterocycles. The summed E-state index contributed by atoms with van der Waals surface area (Å²) in [5, 5.41) is 0.599. The Morgan fingerprint density at radius 2 is 1.73 bits per heavy atom.